The maximum atomic E-state index is 13.4. The second kappa shape index (κ2) is 11.3. The van der Waals surface area contributed by atoms with Crippen molar-refractivity contribution in [1.29, 1.82) is 0 Å². The maximum Gasteiger partial charge on any atom is 0.328 e. The molecule has 0 unspecified atom stereocenters. The number of hydrogen-bond donors (Lipinski definition) is 0. The van der Waals surface area contributed by atoms with Crippen LogP contribution >= 0.6 is 0 Å². The molecule has 3 heterocycles. The van der Waals surface area contributed by atoms with Crippen molar-refractivity contribution in [2.75, 3.05) is 34.7 Å². The number of halogens is 1. The van der Waals surface area contributed by atoms with E-state index in [1.54, 1.807) is 36.5 Å². The summed E-state index contributed by atoms with van der Waals surface area (Å²) < 4.78 is 54.5. The topological polar surface area (TPSA) is 129 Å². The lowest BCUT2D eigenvalue weighted by molar-refractivity contribution is -0.155. The van der Waals surface area contributed by atoms with Crippen LogP contribution in [0, 0.1) is 17.7 Å². The summed E-state index contributed by atoms with van der Waals surface area (Å²) in [5.41, 5.74) is 3.22. The largest absolute Gasteiger partial charge is 0.493 e. The third-order valence-corrected chi connectivity index (χ3v) is 8.39. The van der Waals surface area contributed by atoms with E-state index in [4.69, 9.17) is 33.2 Å². The number of ether oxygens (including phenoxy) is 7. The molecule has 3 aliphatic rings. The molecule has 12 nitrogen and oxygen atoms in total. The fourth-order valence-electron chi connectivity index (χ4n) is 6.38. The van der Waals surface area contributed by atoms with Crippen LogP contribution in [-0.4, -0.2) is 61.7 Å². The Labute approximate surface area is 256 Å². The fourth-order valence-corrected chi connectivity index (χ4v) is 6.38. The molecule has 0 amide bonds. The number of aromatic nitrogens is 3. The molecule has 232 valence electrons. The van der Waals surface area contributed by atoms with Crippen LogP contribution in [0.15, 0.2) is 54.7 Å². The number of cyclic esters (lactones) is 1. The Kier molecular flexibility index (Phi) is 7.15. The fraction of sp³-hybridized carbons (Fsp3) is 0.312. The molecule has 0 bridgehead atoms. The van der Waals surface area contributed by atoms with Gasteiger partial charge in [-0.2, -0.15) is 0 Å². The number of esters is 2. The summed E-state index contributed by atoms with van der Waals surface area (Å²) in [7, 11) is 4.56. The quantitative estimate of drug-likeness (QED) is 0.266. The molecule has 0 N–H and O–H groups in total. The van der Waals surface area contributed by atoms with Crippen molar-refractivity contribution in [2.24, 2.45) is 11.8 Å². The van der Waals surface area contributed by atoms with E-state index in [0.29, 0.717) is 51.1 Å². The molecule has 1 aliphatic carbocycles. The normalized spacial score (nSPS) is 21.0. The average Bonchev–Trinajstić information content (AvgIpc) is 3.80. The van der Waals surface area contributed by atoms with Crippen molar-refractivity contribution in [1.82, 2.24) is 15.0 Å². The zero-order valence-corrected chi connectivity index (χ0v) is 24.5. The van der Waals surface area contributed by atoms with Gasteiger partial charge in [-0.05, 0) is 59.7 Å². The first-order valence-electron chi connectivity index (χ1n) is 14.1. The molecule has 2 aliphatic heterocycles. The molecular weight excluding hydrogens is 589 g/mol. The summed E-state index contributed by atoms with van der Waals surface area (Å²) in [6.45, 7) is -0.156. The van der Waals surface area contributed by atoms with Gasteiger partial charge in [0.15, 0.2) is 23.0 Å². The number of carbonyl (C=O) groups excluding carboxylic acids is 2. The Morgan fingerprint density at radius 1 is 0.956 bits per heavy atom. The minimum Gasteiger partial charge on any atom is -0.493 e. The van der Waals surface area contributed by atoms with Gasteiger partial charge in [0.25, 0.3) is 0 Å². The highest BCUT2D eigenvalue weighted by molar-refractivity contribution is 5.79. The summed E-state index contributed by atoms with van der Waals surface area (Å²) in [5.74, 6) is -0.822. The predicted octanol–water partition coefficient (Wildman–Crippen LogP) is 4.06. The zero-order valence-electron chi connectivity index (χ0n) is 24.5. The second-order valence-electron chi connectivity index (χ2n) is 10.8. The predicted molar refractivity (Wildman–Crippen MR) is 153 cm³/mol. The van der Waals surface area contributed by atoms with E-state index >= 15 is 0 Å². The highest BCUT2D eigenvalue weighted by atomic mass is 19.1. The van der Waals surface area contributed by atoms with Crippen LogP contribution in [0.2, 0.25) is 0 Å². The highest BCUT2D eigenvalue weighted by Crippen LogP contribution is 2.56. The van der Waals surface area contributed by atoms with E-state index in [0.717, 1.165) is 5.56 Å². The first kappa shape index (κ1) is 28.4. The number of carbonyl (C=O) groups is 2. The summed E-state index contributed by atoms with van der Waals surface area (Å²) in [4.78, 5) is 26.8. The Morgan fingerprint density at radius 3 is 2.31 bits per heavy atom. The second-order valence-corrected chi connectivity index (χ2v) is 10.8. The molecule has 13 heteroatoms. The molecule has 0 radical (unpaired) electrons. The van der Waals surface area contributed by atoms with Crippen molar-refractivity contribution < 1.29 is 47.1 Å². The van der Waals surface area contributed by atoms with Crippen molar-refractivity contribution >= 4 is 11.9 Å². The monoisotopic (exact) mass is 617 g/mol. The van der Waals surface area contributed by atoms with Gasteiger partial charge in [0.2, 0.25) is 12.5 Å². The number of fused-ring (bicyclic) bond motifs is 3. The lowest BCUT2D eigenvalue weighted by Crippen LogP contribution is -2.37. The Balaban J connectivity index is 1.25. The molecule has 0 saturated carbocycles. The SMILES string of the molecule is COc1cc([C@@H]2c3cc4c(cc3[C@H](OC(=O)Cn3cc(-c5ccc(F)cc5)nn3)[C@H]3COC(=O)[C@H]23)OCO4)cc(OC)c1OC. The Hall–Kier alpha value is -5.33. The van der Waals surface area contributed by atoms with E-state index in [9.17, 15) is 14.0 Å². The molecule has 45 heavy (non-hydrogen) atoms. The van der Waals surface area contributed by atoms with Gasteiger partial charge in [0.1, 0.15) is 24.2 Å². The first-order chi connectivity index (χ1) is 21.9. The molecule has 7 rings (SSSR count). The van der Waals surface area contributed by atoms with Crippen molar-refractivity contribution in [3.05, 3.63) is 77.2 Å². The van der Waals surface area contributed by atoms with Gasteiger partial charge in [-0.15, -0.1) is 5.10 Å². The van der Waals surface area contributed by atoms with Gasteiger partial charge >= 0.3 is 11.9 Å². The van der Waals surface area contributed by atoms with E-state index in [2.05, 4.69) is 10.3 Å². The van der Waals surface area contributed by atoms with Gasteiger partial charge in [-0.3, -0.25) is 9.59 Å². The maximum absolute atomic E-state index is 13.4. The summed E-state index contributed by atoms with van der Waals surface area (Å²) in [5, 5.41) is 8.14. The lowest BCUT2D eigenvalue weighted by atomic mass is 9.66. The van der Waals surface area contributed by atoms with E-state index in [-0.39, 0.29) is 25.8 Å². The number of methoxy groups -OCH3 is 3. The van der Waals surface area contributed by atoms with E-state index in [1.807, 2.05) is 6.07 Å². The standard InChI is InChI=1S/C32H28FN3O9/c1-39-25-8-17(9-26(40-2)31(25)41-3)28-19-10-23-24(44-15-43-23)11-20(19)30(21-14-42-32(38)29(21)28)45-27(37)13-36-12-22(34-35-36)16-4-6-18(33)7-5-16/h4-12,21,28-30H,13-15H2,1-3H3/t21-,28+,29-,30-/m0/s1. The molecular formula is C32H28FN3O9. The van der Waals surface area contributed by atoms with Gasteiger partial charge < -0.3 is 33.2 Å². The molecule has 0 spiro atoms. The van der Waals surface area contributed by atoms with Crippen LogP contribution < -0.4 is 23.7 Å². The molecule has 4 aromatic rings. The van der Waals surface area contributed by atoms with Crippen LogP contribution in [0.3, 0.4) is 0 Å². The van der Waals surface area contributed by atoms with Gasteiger partial charge in [-0.1, -0.05) is 5.21 Å². The number of hydrogen-bond acceptors (Lipinski definition) is 11. The van der Waals surface area contributed by atoms with Crippen molar-refractivity contribution in [3.63, 3.8) is 0 Å². The molecule has 3 aromatic carbocycles. The van der Waals surface area contributed by atoms with E-state index < -0.39 is 35.8 Å². The van der Waals surface area contributed by atoms with Crippen LogP contribution in [0.4, 0.5) is 4.39 Å². The van der Waals surface area contributed by atoms with Crippen LogP contribution in [0.25, 0.3) is 11.3 Å². The minimum absolute atomic E-state index is 0.0368. The Morgan fingerprint density at radius 2 is 1.64 bits per heavy atom. The highest BCUT2D eigenvalue weighted by Gasteiger charge is 2.54. The number of rotatable bonds is 8. The number of benzene rings is 3. The number of nitrogens with zero attached hydrogens (tertiary/aromatic N) is 3. The lowest BCUT2D eigenvalue weighted by Gasteiger charge is -2.38. The molecule has 1 fully saturated rings. The summed E-state index contributed by atoms with van der Waals surface area (Å²) in [6.07, 6.45) is 0.740. The van der Waals surface area contributed by atoms with Crippen molar-refractivity contribution in [3.8, 4) is 40.0 Å². The smallest absolute Gasteiger partial charge is 0.328 e. The van der Waals surface area contributed by atoms with Crippen LogP contribution in [0.1, 0.15) is 28.7 Å². The van der Waals surface area contributed by atoms with E-state index in [1.165, 1.54) is 38.1 Å². The average molecular weight is 618 g/mol. The summed E-state index contributed by atoms with van der Waals surface area (Å²) in [6, 6.07) is 13.0. The molecule has 1 aromatic heterocycles. The summed E-state index contributed by atoms with van der Waals surface area (Å²) >= 11 is 0. The molecule has 4 atom stereocenters. The third-order valence-electron chi connectivity index (χ3n) is 8.39. The van der Waals surface area contributed by atoms with Gasteiger partial charge in [0, 0.05) is 23.0 Å². The third kappa shape index (κ3) is 4.93. The zero-order chi connectivity index (χ0) is 31.2. The first-order valence-corrected chi connectivity index (χ1v) is 14.1. The Bertz CT molecular complexity index is 1770. The van der Waals surface area contributed by atoms with Crippen LogP contribution in [0.5, 0.6) is 28.7 Å². The van der Waals surface area contributed by atoms with Crippen LogP contribution in [-0.2, 0) is 25.6 Å². The van der Waals surface area contributed by atoms with Gasteiger partial charge in [-0.25, -0.2) is 9.07 Å². The minimum atomic E-state index is -0.836. The van der Waals surface area contributed by atoms with Gasteiger partial charge in [0.05, 0.1) is 40.1 Å². The van der Waals surface area contributed by atoms with Crippen molar-refractivity contribution in [2.45, 2.75) is 18.6 Å². The molecule has 1 saturated heterocycles.